The van der Waals surface area contributed by atoms with Crippen molar-refractivity contribution in [1.29, 1.82) is 0 Å². The number of nitrogens with zero attached hydrogens (tertiary/aromatic N) is 1. The zero-order chi connectivity index (χ0) is 18.8. The first kappa shape index (κ1) is 19.5. The molecule has 1 aliphatic heterocycles. The first-order chi connectivity index (χ1) is 11.7. The van der Waals surface area contributed by atoms with Gasteiger partial charge in [0.25, 0.3) is 5.91 Å². The van der Waals surface area contributed by atoms with E-state index in [0.717, 1.165) is 12.0 Å². The first-order valence-corrected chi connectivity index (χ1v) is 12.3. The fourth-order valence-electron chi connectivity index (χ4n) is 2.94. The van der Waals surface area contributed by atoms with Gasteiger partial charge < -0.3 is 19.7 Å². The van der Waals surface area contributed by atoms with Gasteiger partial charge in [-0.05, 0) is 23.4 Å². The van der Waals surface area contributed by atoms with Gasteiger partial charge in [-0.2, -0.15) is 0 Å². The molecule has 0 spiro atoms. The molecule has 0 bridgehead atoms. The van der Waals surface area contributed by atoms with Crippen molar-refractivity contribution in [3.05, 3.63) is 21.9 Å². The number of alkyl carbamates (subject to hydrolysis) is 1. The van der Waals surface area contributed by atoms with Crippen molar-refractivity contribution < 1.29 is 23.9 Å². The van der Waals surface area contributed by atoms with Gasteiger partial charge in [-0.1, -0.05) is 19.6 Å². The second-order valence-corrected chi connectivity index (χ2v) is 13.3. The van der Waals surface area contributed by atoms with Gasteiger partial charge >= 0.3 is 12.1 Å². The average Bonchev–Trinajstić information content (AvgIpc) is 3.03. The van der Waals surface area contributed by atoms with Crippen LogP contribution in [0.1, 0.15) is 15.2 Å². The van der Waals surface area contributed by atoms with E-state index in [1.165, 1.54) is 25.6 Å². The lowest BCUT2D eigenvalue weighted by Gasteiger charge is -2.44. The smallest absolute Gasteiger partial charge is 0.407 e. The van der Waals surface area contributed by atoms with E-state index in [1.54, 1.807) is 4.90 Å². The third-order valence-corrected chi connectivity index (χ3v) is 8.61. The van der Waals surface area contributed by atoms with Gasteiger partial charge in [-0.3, -0.25) is 4.79 Å². The molecule has 2 amide bonds. The predicted octanol–water partition coefficient (Wildman–Crippen LogP) is 1.89. The Kier molecular flexibility index (Phi) is 5.57. The number of fused-ring (bicyclic) bond motifs is 1. The maximum Gasteiger partial charge on any atom is 0.407 e. The standard InChI is InChI=1S/C16H24N2O5SSi/c1-22-14(20)16(25(3,4)5,17-15(21)23-2)10-18-8-6-11-7-9-24-12(11)13(18)19/h7,9H,6,8,10H2,1-5H3,(H,17,21). The molecule has 0 fully saturated rings. The highest BCUT2D eigenvalue weighted by atomic mass is 32.1. The van der Waals surface area contributed by atoms with Crippen molar-refractivity contribution >= 4 is 37.4 Å². The first-order valence-electron chi connectivity index (χ1n) is 7.96. The van der Waals surface area contributed by atoms with Crippen LogP contribution in [0.15, 0.2) is 11.4 Å². The minimum absolute atomic E-state index is 0.0701. The van der Waals surface area contributed by atoms with Crippen LogP contribution in [-0.4, -0.2) is 63.4 Å². The van der Waals surface area contributed by atoms with Crippen LogP contribution in [0.25, 0.3) is 0 Å². The van der Waals surface area contributed by atoms with Crippen LogP contribution in [0.2, 0.25) is 19.6 Å². The summed E-state index contributed by atoms with van der Waals surface area (Å²) in [4.78, 5) is 39.8. The van der Waals surface area contributed by atoms with E-state index >= 15 is 0 Å². The van der Waals surface area contributed by atoms with Crippen LogP contribution in [0.3, 0.4) is 0 Å². The number of nitrogens with one attached hydrogen (secondary N) is 1. The molecule has 2 rings (SSSR count). The van der Waals surface area contributed by atoms with Gasteiger partial charge in [-0.15, -0.1) is 11.3 Å². The minimum atomic E-state index is -2.37. The van der Waals surface area contributed by atoms with Crippen molar-refractivity contribution in [1.82, 2.24) is 10.2 Å². The van der Waals surface area contributed by atoms with Crippen LogP contribution in [-0.2, 0) is 20.7 Å². The van der Waals surface area contributed by atoms with Crippen molar-refractivity contribution in [3.63, 3.8) is 0 Å². The summed E-state index contributed by atoms with van der Waals surface area (Å²) < 4.78 is 9.73. The molecule has 0 aliphatic carbocycles. The Labute approximate surface area is 152 Å². The van der Waals surface area contributed by atoms with Crippen molar-refractivity contribution in [2.24, 2.45) is 0 Å². The number of carbonyl (C=O) groups excluding carboxylic acids is 3. The number of esters is 1. The minimum Gasteiger partial charge on any atom is -0.467 e. The van der Waals surface area contributed by atoms with Crippen LogP contribution >= 0.6 is 11.3 Å². The molecule has 0 saturated heterocycles. The van der Waals surface area contributed by atoms with Gasteiger partial charge in [-0.25, -0.2) is 9.59 Å². The van der Waals surface area contributed by atoms with Crippen molar-refractivity contribution in [2.45, 2.75) is 31.2 Å². The molecule has 7 nitrogen and oxygen atoms in total. The van der Waals surface area contributed by atoms with E-state index in [1.807, 2.05) is 31.1 Å². The molecule has 1 unspecified atom stereocenters. The molecular formula is C16H24N2O5SSi. The summed E-state index contributed by atoms with van der Waals surface area (Å²) in [6, 6.07) is 1.95. The molecule has 138 valence electrons. The van der Waals surface area contributed by atoms with E-state index in [0.29, 0.717) is 11.4 Å². The maximum atomic E-state index is 12.8. The van der Waals surface area contributed by atoms with E-state index in [9.17, 15) is 14.4 Å². The normalized spacial score (nSPS) is 16.7. The number of amides is 2. The Morgan fingerprint density at radius 2 is 2.00 bits per heavy atom. The van der Waals surface area contributed by atoms with Gasteiger partial charge in [0.2, 0.25) is 0 Å². The molecule has 0 aromatic carbocycles. The number of rotatable bonds is 5. The zero-order valence-corrected chi connectivity index (χ0v) is 17.0. The quantitative estimate of drug-likeness (QED) is 0.619. The van der Waals surface area contributed by atoms with E-state index in [2.05, 4.69) is 5.32 Å². The molecule has 1 aromatic heterocycles. The summed E-state index contributed by atoms with van der Waals surface area (Å²) >= 11 is 1.40. The van der Waals surface area contributed by atoms with Crippen LogP contribution < -0.4 is 5.32 Å². The van der Waals surface area contributed by atoms with Crippen LogP contribution in [0, 0.1) is 0 Å². The SMILES string of the molecule is COC(=O)NC(CN1CCc2ccsc2C1=O)(C(=O)OC)[Si](C)(C)C. The number of carbonyl (C=O) groups is 3. The average molecular weight is 385 g/mol. The van der Waals surface area contributed by atoms with E-state index < -0.39 is 25.3 Å². The van der Waals surface area contributed by atoms with Gasteiger partial charge in [0.1, 0.15) is 5.16 Å². The largest absolute Gasteiger partial charge is 0.467 e. The highest BCUT2D eigenvalue weighted by Crippen LogP contribution is 2.29. The van der Waals surface area contributed by atoms with Gasteiger partial charge in [0.15, 0.2) is 0 Å². The maximum absolute atomic E-state index is 12.8. The molecule has 1 atom stereocenters. The summed E-state index contributed by atoms with van der Waals surface area (Å²) in [5.74, 6) is -0.670. The Morgan fingerprint density at radius 3 is 2.56 bits per heavy atom. The lowest BCUT2D eigenvalue weighted by molar-refractivity contribution is -0.145. The summed E-state index contributed by atoms with van der Waals surface area (Å²) in [6.07, 6.45) is 0.0141. The second-order valence-electron chi connectivity index (χ2n) is 7.02. The Hall–Kier alpha value is -1.87. The molecule has 1 N–H and O–H groups in total. The van der Waals surface area contributed by atoms with Crippen molar-refractivity contribution in [3.8, 4) is 0 Å². The Morgan fingerprint density at radius 1 is 1.32 bits per heavy atom. The highest BCUT2D eigenvalue weighted by Gasteiger charge is 2.54. The molecule has 25 heavy (non-hydrogen) atoms. The molecule has 9 heteroatoms. The summed E-state index contributed by atoms with van der Waals surface area (Å²) in [5.41, 5.74) is 1.03. The van der Waals surface area contributed by atoms with Crippen LogP contribution in [0.4, 0.5) is 4.79 Å². The summed E-state index contributed by atoms with van der Waals surface area (Å²) in [5, 5.41) is 3.29. The second kappa shape index (κ2) is 7.16. The monoisotopic (exact) mass is 384 g/mol. The van der Waals surface area contributed by atoms with Crippen molar-refractivity contribution in [2.75, 3.05) is 27.3 Å². The molecule has 0 saturated carbocycles. The third kappa shape index (κ3) is 3.57. The Balaban J connectivity index is 2.40. The Bertz CT molecular complexity index is 684. The number of ether oxygens (including phenoxy) is 2. The number of methoxy groups -OCH3 is 2. The molecule has 1 aliphatic rings. The lowest BCUT2D eigenvalue weighted by Crippen LogP contribution is -2.73. The van der Waals surface area contributed by atoms with E-state index in [-0.39, 0.29) is 12.5 Å². The molecule has 0 radical (unpaired) electrons. The van der Waals surface area contributed by atoms with Gasteiger partial charge in [0, 0.05) is 6.54 Å². The third-order valence-electron chi connectivity index (χ3n) is 4.62. The molecule has 2 heterocycles. The fourth-order valence-corrected chi connectivity index (χ4v) is 5.72. The topological polar surface area (TPSA) is 84.9 Å². The summed E-state index contributed by atoms with van der Waals surface area (Å²) in [7, 11) is 0.159. The number of thiophene rings is 1. The lowest BCUT2D eigenvalue weighted by atomic mass is 10.1. The fraction of sp³-hybridized carbons (Fsp3) is 0.562. The molecular weight excluding hydrogens is 360 g/mol. The van der Waals surface area contributed by atoms with E-state index in [4.69, 9.17) is 9.47 Å². The number of hydrogen-bond acceptors (Lipinski definition) is 6. The predicted molar refractivity (Wildman–Crippen MR) is 97.6 cm³/mol. The van der Waals surface area contributed by atoms with Gasteiger partial charge in [0.05, 0.1) is 33.7 Å². The zero-order valence-electron chi connectivity index (χ0n) is 15.2. The summed E-state index contributed by atoms with van der Waals surface area (Å²) in [6.45, 7) is 6.41. The number of hydrogen-bond donors (Lipinski definition) is 1. The molecule has 1 aromatic rings. The highest BCUT2D eigenvalue weighted by molar-refractivity contribution is 7.12. The van der Waals surface area contributed by atoms with Crippen LogP contribution in [0.5, 0.6) is 0 Å².